The lowest BCUT2D eigenvalue weighted by atomic mass is 10.2. The zero-order chi connectivity index (χ0) is 9.42. The van der Waals surface area contributed by atoms with Crippen molar-refractivity contribution in [2.45, 2.75) is 0 Å². The fourth-order valence-corrected chi connectivity index (χ4v) is 1.27. The number of benzene rings is 1. The number of hydrogen-bond acceptors (Lipinski definition) is 4. The number of aromatic amines is 1. The Balaban J connectivity index is 2.88. The van der Waals surface area contributed by atoms with Crippen LogP contribution in [0.3, 0.4) is 0 Å². The summed E-state index contributed by atoms with van der Waals surface area (Å²) in [5, 5.41) is 12.5. The van der Waals surface area contributed by atoms with Crippen LogP contribution in [0.15, 0.2) is 23.4 Å². The molecule has 0 spiro atoms. The van der Waals surface area contributed by atoms with Crippen LogP contribution in [0, 0.1) is 4.91 Å². The number of nitrogens with one attached hydrogen (secondary N) is 1. The summed E-state index contributed by atoms with van der Waals surface area (Å²) in [6.45, 7) is 0. The van der Waals surface area contributed by atoms with Gasteiger partial charge in [0.15, 0.2) is 5.69 Å². The van der Waals surface area contributed by atoms with Crippen LogP contribution in [0.25, 0.3) is 10.9 Å². The highest BCUT2D eigenvalue weighted by molar-refractivity contribution is 5.95. The highest BCUT2D eigenvalue weighted by Crippen LogP contribution is 2.35. The largest absolute Gasteiger partial charge is 0.493 e. The first-order valence-electron chi connectivity index (χ1n) is 3.66. The summed E-state index contributed by atoms with van der Waals surface area (Å²) in [5.74, 6) is -0.226. The average Bonchev–Trinajstić information content (AvgIpc) is 2.40. The van der Waals surface area contributed by atoms with Crippen molar-refractivity contribution < 1.29 is 5.11 Å². The van der Waals surface area contributed by atoms with Crippen LogP contribution in [-0.4, -0.2) is 10.1 Å². The van der Waals surface area contributed by atoms with E-state index in [2.05, 4.69) is 10.2 Å². The van der Waals surface area contributed by atoms with Crippen LogP contribution in [-0.2, 0) is 0 Å². The van der Waals surface area contributed by atoms with E-state index in [1.807, 2.05) is 0 Å². The molecule has 0 atom stereocenters. The number of nitrogens with zero attached hydrogens (tertiary/aromatic N) is 1. The van der Waals surface area contributed by atoms with E-state index < -0.39 is 0 Å². The number of aromatic hydroxyl groups is 1. The smallest absolute Gasteiger partial charge is 0.219 e. The minimum atomic E-state index is -0.226. The van der Waals surface area contributed by atoms with Crippen LogP contribution in [0.4, 0.5) is 11.4 Å². The fraction of sp³-hybridized carbons (Fsp3) is 0. The van der Waals surface area contributed by atoms with Gasteiger partial charge in [-0.2, -0.15) is 0 Å². The van der Waals surface area contributed by atoms with Crippen molar-refractivity contribution in [1.29, 1.82) is 0 Å². The monoisotopic (exact) mass is 177 g/mol. The average molecular weight is 177 g/mol. The minimum absolute atomic E-state index is 0.00213. The summed E-state index contributed by atoms with van der Waals surface area (Å²) in [4.78, 5) is 13.0. The van der Waals surface area contributed by atoms with Gasteiger partial charge in [-0.25, -0.2) is 0 Å². The van der Waals surface area contributed by atoms with E-state index in [9.17, 15) is 10.0 Å². The van der Waals surface area contributed by atoms with Crippen molar-refractivity contribution in [2.24, 2.45) is 5.18 Å². The molecule has 5 heteroatoms. The van der Waals surface area contributed by atoms with Crippen LogP contribution in [0.5, 0.6) is 5.88 Å². The SMILES string of the molecule is Nc1ccc2[nH]c(O)c(N=O)c2c1. The number of anilines is 1. The summed E-state index contributed by atoms with van der Waals surface area (Å²) in [6.07, 6.45) is 0. The number of nitrogens with two attached hydrogens (primary N) is 1. The lowest BCUT2D eigenvalue weighted by molar-refractivity contribution is 0.460. The highest BCUT2D eigenvalue weighted by atomic mass is 16.3. The van der Waals surface area contributed by atoms with Crippen molar-refractivity contribution in [3.05, 3.63) is 23.1 Å². The molecule has 13 heavy (non-hydrogen) atoms. The topological polar surface area (TPSA) is 91.5 Å². The van der Waals surface area contributed by atoms with Crippen molar-refractivity contribution in [2.75, 3.05) is 5.73 Å². The van der Waals surface area contributed by atoms with Crippen molar-refractivity contribution in [1.82, 2.24) is 4.98 Å². The van der Waals surface area contributed by atoms with Crippen molar-refractivity contribution in [3.8, 4) is 5.88 Å². The van der Waals surface area contributed by atoms with E-state index in [1.165, 1.54) is 0 Å². The molecule has 2 aromatic rings. The molecule has 0 aliphatic rings. The van der Waals surface area contributed by atoms with E-state index >= 15 is 0 Å². The van der Waals surface area contributed by atoms with Crippen LogP contribution >= 0.6 is 0 Å². The Morgan fingerprint density at radius 1 is 1.46 bits per heavy atom. The molecule has 0 amide bonds. The van der Waals surface area contributed by atoms with Gasteiger partial charge in [0.25, 0.3) is 0 Å². The Hall–Kier alpha value is -2.04. The quantitative estimate of drug-likeness (QED) is 0.458. The standard InChI is InChI=1S/C8H7N3O2/c9-4-1-2-6-5(3-4)7(11-13)8(12)10-6/h1-3,10,12H,9H2. The predicted octanol–water partition coefficient (Wildman–Crippen LogP) is 1.85. The van der Waals surface area contributed by atoms with Crippen LogP contribution in [0.2, 0.25) is 0 Å². The maximum absolute atomic E-state index is 10.3. The predicted molar refractivity (Wildman–Crippen MR) is 49.8 cm³/mol. The van der Waals surface area contributed by atoms with Gasteiger partial charge in [-0.3, -0.25) is 0 Å². The molecular weight excluding hydrogens is 170 g/mol. The number of aromatic nitrogens is 1. The number of hydrogen-bond donors (Lipinski definition) is 3. The van der Waals surface area contributed by atoms with Gasteiger partial charge >= 0.3 is 0 Å². The Kier molecular flexibility index (Phi) is 1.45. The van der Waals surface area contributed by atoms with Gasteiger partial charge in [0.05, 0.1) is 5.52 Å². The molecule has 1 aromatic carbocycles. The summed E-state index contributed by atoms with van der Waals surface area (Å²) in [7, 11) is 0. The number of rotatable bonds is 1. The van der Waals surface area contributed by atoms with Crippen molar-refractivity contribution in [3.63, 3.8) is 0 Å². The first kappa shape index (κ1) is 7.60. The molecule has 5 nitrogen and oxygen atoms in total. The van der Waals surface area contributed by atoms with Gasteiger partial charge < -0.3 is 15.8 Å². The number of nitrogen functional groups attached to an aromatic ring is 1. The summed E-state index contributed by atoms with van der Waals surface area (Å²) >= 11 is 0. The second-order valence-corrected chi connectivity index (χ2v) is 2.72. The van der Waals surface area contributed by atoms with E-state index in [0.29, 0.717) is 16.6 Å². The maximum Gasteiger partial charge on any atom is 0.219 e. The van der Waals surface area contributed by atoms with E-state index in [1.54, 1.807) is 18.2 Å². The molecule has 0 radical (unpaired) electrons. The van der Waals surface area contributed by atoms with Gasteiger partial charge in [0, 0.05) is 11.1 Å². The Morgan fingerprint density at radius 3 is 2.92 bits per heavy atom. The first-order chi connectivity index (χ1) is 6.22. The number of fused-ring (bicyclic) bond motifs is 1. The van der Waals surface area contributed by atoms with Crippen molar-refractivity contribution >= 4 is 22.3 Å². The molecule has 2 rings (SSSR count). The zero-order valence-corrected chi connectivity index (χ0v) is 6.61. The summed E-state index contributed by atoms with van der Waals surface area (Å²) in [6, 6.07) is 4.94. The van der Waals surface area contributed by atoms with Crippen LogP contribution in [0.1, 0.15) is 0 Å². The second kappa shape index (κ2) is 2.48. The lowest BCUT2D eigenvalue weighted by Crippen LogP contribution is -1.81. The molecule has 66 valence electrons. The molecule has 4 N–H and O–H groups in total. The highest BCUT2D eigenvalue weighted by Gasteiger charge is 2.10. The van der Waals surface area contributed by atoms with E-state index in [0.717, 1.165) is 0 Å². The summed E-state index contributed by atoms with van der Waals surface area (Å²) in [5.41, 5.74) is 6.68. The summed E-state index contributed by atoms with van der Waals surface area (Å²) < 4.78 is 0. The normalized spacial score (nSPS) is 10.5. The maximum atomic E-state index is 10.3. The molecule has 0 unspecified atom stereocenters. The Labute approximate surface area is 73.2 Å². The third-order valence-corrected chi connectivity index (χ3v) is 1.87. The second-order valence-electron chi connectivity index (χ2n) is 2.72. The first-order valence-corrected chi connectivity index (χ1v) is 3.66. The van der Waals surface area contributed by atoms with Crippen LogP contribution < -0.4 is 5.73 Å². The number of H-pyrrole nitrogens is 1. The molecule has 0 aliphatic heterocycles. The van der Waals surface area contributed by atoms with Gasteiger partial charge in [0.1, 0.15) is 0 Å². The zero-order valence-electron chi connectivity index (χ0n) is 6.61. The molecule has 0 saturated carbocycles. The van der Waals surface area contributed by atoms with Gasteiger partial charge in [-0.05, 0) is 23.4 Å². The third kappa shape index (κ3) is 1.01. The Bertz CT molecular complexity index is 475. The minimum Gasteiger partial charge on any atom is -0.493 e. The molecule has 0 saturated heterocycles. The van der Waals surface area contributed by atoms with Gasteiger partial charge in [0.2, 0.25) is 5.88 Å². The van der Waals surface area contributed by atoms with Gasteiger partial charge in [-0.1, -0.05) is 0 Å². The number of nitroso groups, excluding NO2 is 1. The molecule has 1 aromatic heterocycles. The Morgan fingerprint density at radius 2 is 2.23 bits per heavy atom. The molecule has 1 heterocycles. The lowest BCUT2D eigenvalue weighted by Gasteiger charge is -1.91. The third-order valence-electron chi connectivity index (χ3n) is 1.87. The molecule has 0 aliphatic carbocycles. The van der Waals surface area contributed by atoms with Gasteiger partial charge in [-0.15, -0.1) is 4.91 Å². The van der Waals surface area contributed by atoms with E-state index in [-0.39, 0.29) is 11.6 Å². The van der Waals surface area contributed by atoms with E-state index in [4.69, 9.17) is 5.73 Å². The molecular formula is C8H7N3O2. The molecule has 0 fully saturated rings. The molecule has 0 bridgehead atoms. The fourth-order valence-electron chi connectivity index (χ4n) is 1.27.